The number of aliphatic hydroxyl groups excluding tert-OH is 3. The van der Waals surface area contributed by atoms with Crippen molar-refractivity contribution < 1.29 is 58.9 Å². The molecule has 14 nitrogen and oxygen atoms in total. The number of carbonyl (C=O) groups excluding carboxylic acids is 4. The van der Waals surface area contributed by atoms with Gasteiger partial charge in [-0.15, -0.1) is 11.3 Å². The summed E-state index contributed by atoms with van der Waals surface area (Å²) in [6, 6.07) is 18.4. The standard InChI is InChI=1S/C42H48N2O12S/c1-22-25(55-37(50)32(47)30(26-16-11-17-57-26)44-38(51)43-20-23-12-7-5-8-13-23)19-42(53)35(56-36(49)24-14-9-6-10-15-24)33-40(4,27(45)18-28-41(33,52)21-54-28)34(48)31(46)29(22)39(42,2)3/h5-17,25,27-28,30-33,35,45-47,52-53H,18-21H2,1-4H3,(H2,43,44,51)/t25?,27?,28?,30?,31?,32?,33?,35?,40-,41?,42?/m1/s1. The first-order valence-corrected chi connectivity index (χ1v) is 19.8. The normalized spacial score (nSPS) is 33.9. The number of nitrogens with one attached hydrogen (secondary N) is 2. The van der Waals surface area contributed by atoms with Gasteiger partial charge in [0.15, 0.2) is 11.9 Å². The Morgan fingerprint density at radius 2 is 1.63 bits per heavy atom. The Labute approximate surface area is 333 Å². The fourth-order valence-corrected chi connectivity index (χ4v) is 10.3. The zero-order valence-corrected chi connectivity index (χ0v) is 32.8. The van der Waals surface area contributed by atoms with Crippen molar-refractivity contribution in [1.29, 1.82) is 0 Å². The lowest BCUT2D eigenvalue weighted by Crippen LogP contribution is -2.81. The van der Waals surface area contributed by atoms with Gasteiger partial charge >= 0.3 is 18.0 Å². The lowest BCUT2D eigenvalue weighted by Gasteiger charge is -2.66. The maximum atomic E-state index is 14.7. The maximum Gasteiger partial charge on any atom is 0.338 e. The number of hydrogen-bond acceptors (Lipinski definition) is 13. The van der Waals surface area contributed by atoms with Crippen LogP contribution in [0.5, 0.6) is 0 Å². The Kier molecular flexibility index (Phi) is 10.7. The molecule has 3 aromatic rings. The number of benzene rings is 2. The van der Waals surface area contributed by atoms with Gasteiger partial charge in [-0.3, -0.25) is 4.79 Å². The summed E-state index contributed by atoms with van der Waals surface area (Å²) in [7, 11) is 0. The third kappa shape index (κ3) is 6.68. The van der Waals surface area contributed by atoms with E-state index in [0.717, 1.165) is 5.56 Å². The number of thiophene rings is 1. The van der Waals surface area contributed by atoms with Crippen LogP contribution in [-0.2, 0) is 30.3 Å². The van der Waals surface area contributed by atoms with Gasteiger partial charge < -0.3 is 50.4 Å². The van der Waals surface area contributed by atoms with Crippen molar-refractivity contribution in [3.8, 4) is 0 Å². The molecule has 1 aromatic heterocycles. The number of carbonyl (C=O) groups is 4. The molecule has 0 spiro atoms. The second-order valence-corrected chi connectivity index (χ2v) is 17.3. The molecule has 2 aromatic carbocycles. The van der Waals surface area contributed by atoms with Gasteiger partial charge in [-0.1, -0.05) is 68.4 Å². The number of esters is 2. The van der Waals surface area contributed by atoms with Crippen LogP contribution in [0.2, 0.25) is 0 Å². The molecular weight excluding hydrogens is 757 g/mol. The van der Waals surface area contributed by atoms with Crippen LogP contribution in [-0.4, -0.2) is 104 Å². The highest BCUT2D eigenvalue weighted by atomic mass is 32.1. The van der Waals surface area contributed by atoms with Crippen LogP contribution in [0.15, 0.2) is 89.3 Å². The smallest absolute Gasteiger partial charge is 0.338 e. The number of fused-ring (bicyclic) bond motifs is 5. The van der Waals surface area contributed by atoms with Gasteiger partial charge in [-0.2, -0.15) is 0 Å². The summed E-state index contributed by atoms with van der Waals surface area (Å²) in [5.41, 5.74) is -6.67. The Morgan fingerprint density at radius 3 is 2.25 bits per heavy atom. The second kappa shape index (κ2) is 15.0. The van der Waals surface area contributed by atoms with Crippen LogP contribution >= 0.6 is 11.3 Å². The number of rotatable bonds is 9. The van der Waals surface area contributed by atoms with Crippen LogP contribution in [0.25, 0.3) is 0 Å². The first kappa shape index (κ1) is 40.7. The molecule has 1 saturated heterocycles. The molecule has 2 heterocycles. The Bertz CT molecular complexity index is 2040. The third-order valence-electron chi connectivity index (χ3n) is 12.9. The predicted molar refractivity (Wildman–Crippen MR) is 204 cm³/mol. The summed E-state index contributed by atoms with van der Waals surface area (Å²) in [4.78, 5) is 56.2. The molecule has 2 saturated carbocycles. The highest BCUT2D eigenvalue weighted by molar-refractivity contribution is 7.10. The van der Waals surface area contributed by atoms with E-state index in [1.165, 1.54) is 37.3 Å². The van der Waals surface area contributed by atoms with E-state index in [4.69, 9.17) is 14.2 Å². The van der Waals surface area contributed by atoms with Gasteiger partial charge in [0.2, 0.25) is 0 Å². The van der Waals surface area contributed by atoms with E-state index in [1.54, 1.807) is 49.6 Å². The lowest BCUT2D eigenvalue weighted by atomic mass is 9.44. The van der Waals surface area contributed by atoms with Crippen molar-refractivity contribution in [2.45, 2.75) is 101 Å². The number of urea groups is 1. The average molecular weight is 805 g/mol. The van der Waals surface area contributed by atoms with Crippen molar-refractivity contribution in [2.24, 2.45) is 16.7 Å². The molecular formula is C42H48N2O12S. The maximum absolute atomic E-state index is 14.7. The lowest BCUT2D eigenvalue weighted by molar-refractivity contribution is -0.343. The van der Waals surface area contributed by atoms with E-state index in [9.17, 15) is 44.7 Å². The van der Waals surface area contributed by atoms with E-state index >= 15 is 0 Å². The van der Waals surface area contributed by atoms with Gasteiger partial charge in [0.1, 0.15) is 35.6 Å². The van der Waals surface area contributed by atoms with E-state index in [-0.39, 0.29) is 36.3 Å². The van der Waals surface area contributed by atoms with Crippen LogP contribution in [0.1, 0.15) is 67.4 Å². The van der Waals surface area contributed by atoms with Crippen LogP contribution in [0, 0.1) is 16.7 Å². The van der Waals surface area contributed by atoms with Crippen LogP contribution < -0.4 is 10.6 Å². The van der Waals surface area contributed by atoms with E-state index in [0.29, 0.717) is 4.88 Å². The van der Waals surface area contributed by atoms with Gasteiger partial charge in [-0.05, 0) is 54.1 Å². The third-order valence-corrected chi connectivity index (χ3v) is 13.8. The molecule has 0 radical (unpaired) electrons. The molecule has 7 rings (SSSR count). The van der Waals surface area contributed by atoms with Crippen molar-refractivity contribution in [1.82, 2.24) is 10.6 Å². The fraction of sp³-hybridized carbons (Fsp3) is 0.476. The highest BCUT2D eigenvalue weighted by Gasteiger charge is 2.76. The van der Waals surface area contributed by atoms with Crippen LogP contribution in [0.4, 0.5) is 4.79 Å². The van der Waals surface area contributed by atoms with Crippen molar-refractivity contribution in [2.75, 3.05) is 6.61 Å². The van der Waals surface area contributed by atoms with Crippen molar-refractivity contribution in [3.63, 3.8) is 0 Å². The number of aliphatic hydroxyl groups is 5. The molecule has 1 aliphatic heterocycles. The van der Waals surface area contributed by atoms with E-state index < -0.39 is 101 Å². The number of hydrogen-bond donors (Lipinski definition) is 7. The molecule has 3 aliphatic carbocycles. The molecule has 11 atom stereocenters. The molecule has 3 fully saturated rings. The molecule has 2 amide bonds. The molecule has 10 unspecified atom stereocenters. The van der Waals surface area contributed by atoms with Gasteiger partial charge in [0.25, 0.3) is 0 Å². The van der Waals surface area contributed by atoms with Gasteiger partial charge in [-0.25, -0.2) is 14.4 Å². The summed E-state index contributed by atoms with van der Waals surface area (Å²) in [6.07, 6.45) is -10.2. The van der Waals surface area contributed by atoms with Crippen LogP contribution in [0.3, 0.4) is 0 Å². The largest absolute Gasteiger partial charge is 0.456 e. The van der Waals surface area contributed by atoms with E-state index in [1.807, 2.05) is 30.3 Å². The Balaban J connectivity index is 1.26. The van der Waals surface area contributed by atoms with E-state index in [2.05, 4.69) is 10.6 Å². The Morgan fingerprint density at radius 1 is 0.965 bits per heavy atom. The minimum atomic E-state index is -2.30. The molecule has 304 valence electrons. The Hall–Kier alpha value is -4.48. The highest BCUT2D eigenvalue weighted by Crippen LogP contribution is 2.63. The fourth-order valence-electron chi connectivity index (χ4n) is 9.47. The SMILES string of the molecule is CC1=C2C(O)C(=O)[C@]3(C)C(O)CC4OCC4(O)C3C(OC(=O)c3ccccc3)C(O)(CC1OC(=O)C(O)C(NC(=O)NCc1ccccc1)c1cccs1)C2(C)C. The van der Waals surface area contributed by atoms with Crippen molar-refractivity contribution >= 4 is 35.1 Å². The zero-order valence-electron chi connectivity index (χ0n) is 32.0. The molecule has 15 heteroatoms. The zero-order chi connectivity index (χ0) is 41.1. The summed E-state index contributed by atoms with van der Waals surface area (Å²) in [5.74, 6) is -4.49. The summed E-state index contributed by atoms with van der Waals surface area (Å²) < 4.78 is 17.8. The first-order valence-electron chi connectivity index (χ1n) is 18.9. The molecule has 7 N–H and O–H groups in total. The quantitative estimate of drug-likeness (QED) is 0.123. The molecule has 2 bridgehead atoms. The number of ether oxygens (including phenoxy) is 3. The number of amides is 2. The number of Topliss-reactive ketones (excluding diaryl/α,β-unsaturated/α-hetero) is 1. The summed E-state index contributed by atoms with van der Waals surface area (Å²) >= 11 is 1.18. The summed E-state index contributed by atoms with van der Waals surface area (Å²) in [6.45, 7) is 5.89. The van der Waals surface area contributed by atoms with Crippen molar-refractivity contribution in [3.05, 3.63) is 105 Å². The predicted octanol–water partition coefficient (Wildman–Crippen LogP) is 2.73. The topological polar surface area (TPSA) is 221 Å². The first-order chi connectivity index (χ1) is 26.9. The average Bonchev–Trinajstić information content (AvgIpc) is 3.73. The minimum Gasteiger partial charge on any atom is -0.456 e. The second-order valence-electron chi connectivity index (χ2n) is 16.3. The minimum absolute atomic E-state index is 0.0339. The molecule has 57 heavy (non-hydrogen) atoms. The monoisotopic (exact) mass is 804 g/mol. The van der Waals surface area contributed by atoms with Gasteiger partial charge in [0, 0.05) is 35.6 Å². The molecule has 4 aliphatic rings. The van der Waals surface area contributed by atoms with Gasteiger partial charge in [0.05, 0.1) is 29.8 Å². The summed E-state index contributed by atoms with van der Waals surface area (Å²) in [5, 5.41) is 67.9. The number of ketones is 1.